The molecule has 0 heterocycles. The number of carbonyl (C=O) groups excluding carboxylic acids is 1. The molecule has 2 saturated carbocycles. The summed E-state index contributed by atoms with van der Waals surface area (Å²) in [6, 6.07) is 2.90. The summed E-state index contributed by atoms with van der Waals surface area (Å²) in [7, 11) is 0. The molecule has 19 heavy (non-hydrogen) atoms. The summed E-state index contributed by atoms with van der Waals surface area (Å²) in [5.74, 6) is 0.340. The zero-order valence-corrected chi connectivity index (χ0v) is 10.7. The van der Waals surface area contributed by atoms with Crippen LogP contribution < -0.4 is 16.8 Å². The monoisotopic (exact) mass is 263 g/mol. The Hall–Kier alpha value is -1.78. The van der Waals surface area contributed by atoms with Crippen LogP contribution in [0.3, 0.4) is 0 Å². The van der Waals surface area contributed by atoms with Crippen molar-refractivity contribution in [3.63, 3.8) is 0 Å². The number of nitrogens with one attached hydrogen (secondary N) is 1. The number of halogens is 1. The number of primary amides is 1. The van der Waals surface area contributed by atoms with Crippen molar-refractivity contribution in [1.82, 2.24) is 0 Å². The van der Waals surface area contributed by atoms with Gasteiger partial charge >= 0.3 is 0 Å². The van der Waals surface area contributed by atoms with E-state index in [1.165, 1.54) is 25.3 Å². The molecule has 0 spiro atoms. The van der Waals surface area contributed by atoms with Crippen molar-refractivity contribution in [2.45, 2.75) is 31.7 Å². The molecule has 2 bridgehead atoms. The van der Waals surface area contributed by atoms with Gasteiger partial charge in [-0.25, -0.2) is 4.39 Å². The number of amides is 1. The maximum absolute atomic E-state index is 13.9. The molecular weight excluding hydrogens is 245 g/mol. The highest BCUT2D eigenvalue weighted by atomic mass is 19.1. The van der Waals surface area contributed by atoms with Gasteiger partial charge < -0.3 is 16.8 Å². The standard InChI is InChI=1S/C14H18FN3O/c15-10-6-11(16)9(14(17)19)5-13(10)18-12-4-7-1-2-8(12)3-7/h5-8,12,18H,1-4,16H2,(H2,17,19). The van der Waals surface area contributed by atoms with Gasteiger partial charge in [0.1, 0.15) is 5.82 Å². The number of rotatable bonds is 3. The maximum atomic E-state index is 13.9. The molecule has 0 aromatic heterocycles. The molecule has 3 rings (SSSR count). The highest BCUT2D eigenvalue weighted by molar-refractivity contribution is 5.99. The van der Waals surface area contributed by atoms with E-state index >= 15 is 0 Å². The molecule has 102 valence electrons. The lowest BCUT2D eigenvalue weighted by molar-refractivity contribution is 0.100. The van der Waals surface area contributed by atoms with E-state index in [1.54, 1.807) is 0 Å². The fourth-order valence-corrected chi connectivity index (χ4v) is 3.53. The van der Waals surface area contributed by atoms with E-state index in [4.69, 9.17) is 11.5 Å². The molecule has 3 atom stereocenters. The van der Waals surface area contributed by atoms with Crippen molar-refractivity contribution in [2.24, 2.45) is 17.6 Å². The van der Waals surface area contributed by atoms with Gasteiger partial charge in [0.05, 0.1) is 11.3 Å². The largest absolute Gasteiger partial charge is 0.398 e. The van der Waals surface area contributed by atoms with Crippen LogP contribution in [0.25, 0.3) is 0 Å². The highest BCUT2D eigenvalue weighted by Crippen LogP contribution is 2.45. The SMILES string of the molecule is NC(=O)c1cc(NC2CC3CCC2C3)c(F)cc1N. The average molecular weight is 263 g/mol. The smallest absolute Gasteiger partial charge is 0.250 e. The summed E-state index contributed by atoms with van der Waals surface area (Å²) in [5.41, 5.74) is 11.4. The summed E-state index contributed by atoms with van der Waals surface area (Å²) < 4.78 is 13.9. The number of carbonyl (C=O) groups is 1. The maximum Gasteiger partial charge on any atom is 0.250 e. The lowest BCUT2D eigenvalue weighted by Gasteiger charge is -2.24. The lowest BCUT2D eigenvalue weighted by atomic mass is 9.95. The third kappa shape index (κ3) is 2.13. The van der Waals surface area contributed by atoms with Crippen LogP contribution in [-0.4, -0.2) is 11.9 Å². The van der Waals surface area contributed by atoms with Gasteiger partial charge in [-0.1, -0.05) is 6.42 Å². The van der Waals surface area contributed by atoms with Gasteiger partial charge in [-0.05, 0) is 43.2 Å². The number of hydrogen-bond donors (Lipinski definition) is 3. The third-order valence-corrected chi connectivity index (χ3v) is 4.48. The Bertz CT molecular complexity index is 532. The molecule has 5 N–H and O–H groups in total. The predicted octanol–water partition coefficient (Wildman–Crippen LogP) is 2.11. The first-order valence-electron chi connectivity index (χ1n) is 6.70. The van der Waals surface area contributed by atoms with Gasteiger partial charge in [0.25, 0.3) is 5.91 Å². The van der Waals surface area contributed by atoms with Gasteiger partial charge in [0.2, 0.25) is 0 Å². The molecule has 2 aliphatic rings. The molecule has 1 aromatic carbocycles. The molecule has 4 nitrogen and oxygen atoms in total. The second-order valence-corrected chi connectivity index (χ2v) is 5.71. The fourth-order valence-electron chi connectivity index (χ4n) is 3.53. The van der Waals surface area contributed by atoms with Crippen LogP contribution in [0.2, 0.25) is 0 Å². The molecule has 5 heteroatoms. The Morgan fingerprint density at radius 3 is 2.68 bits per heavy atom. The second-order valence-electron chi connectivity index (χ2n) is 5.71. The summed E-state index contributed by atoms with van der Waals surface area (Å²) in [6.07, 6.45) is 4.82. The van der Waals surface area contributed by atoms with Crippen LogP contribution >= 0.6 is 0 Å². The number of nitrogen functional groups attached to an aromatic ring is 1. The Morgan fingerprint density at radius 2 is 2.11 bits per heavy atom. The van der Waals surface area contributed by atoms with Crippen molar-refractivity contribution in [1.29, 1.82) is 0 Å². The quantitative estimate of drug-likeness (QED) is 0.730. The van der Waals surface area contributed by atoms with Crippen molar-refractivity contribution in [2.75, 3.05) is 11.1 Å². The van der Waals surface area contributed by atoms with E-state index in [2.05, 4.69) is 5.32 Å². The van der Waals surface area contributed by atoms with Gasteiger partial charge in [0, 0.05) is 11.7 Å². The fraction of sp³-hybridized carbons (Fsp3) is 0.500. The van der Waals surface area contributed by atoms with Gasteiger partial charge in [0.15, 0.2) is 0 Å². The molecule has 1 aromatic rings. The minimum atomic E-state index is -0.631. The van der Waals surface area contributed by atoms with Gasteiger partial charge in [-0.2, -0.15) is 0 Å². The van der Waals surface area contributed by atoms with Gasteiger partial charge in [-0.15, -0.1) is 0 Å². The van der Waals surface area contributed by atoms with E-state index in [0.29, 0.717) is 17.6 Å². The molecule has 3 unspecified atom stereocenters. The predicted molar refractivity (Wildman–Crippen MR) is 72.2 cm³/mol. The first-order valence-corrected chi connectivity index (χ1v) is 6.70. The number of nitrogens with two attached hydrogens (primary N) is 2. The molecule has 0 radical (unpaired) electrons. The van der Waals surface area contributed by atoms with Gasteiger partial charge in [-0.3, -0.25) is 4.79 Å². The average Bonchev–Trinajstić information content (AvgIpc) is 2.94. The number of fused-ring (bicyclic) bond motifs is 2. The van der Waals surface area contributed by atoms with E-state index in [1.807, 2.05) is 0 Å². The minimum absolute atomic E-state index is 0.0866. The highest BCUT2D eigenvalue weighted by Gasteiger charge is 2.39. The lowest BCUT2D eigenvalue weighted by Crippen LogP contribution is -2.26. The molecule has 0 saturated heterocycles. The Balaban J connectivity index is 1.84. The van der Waals surface area contributed by atoms with Crippen LogP contribution in [0.5, 0.6) is 0 Å². The normalized spacial score (nSPS) is 28.6. The van der Waals surface area contributed by atoms with Crippen LogP contribution in [-0.2, 0) is 0 Å². The van der Waals surface area contributed by atoms with E-state index in [-0.39, 0.29) is 11.3 Å². The molecule has 1 amide bonds. The number of hydrogen-bond acceptors (Lipinski definition) is 3. The Morgan fingerprint density at radius 1 is 1.32 bits per heavy atom. The van der Waals surface area contributed by atoms with Crippen LogP contribution in [0.15, 0.2) is 12.1 Å². The Kier molecular flexibility index (Phi) is 2.84. The first-order chi connectivity index (χ1) is 9.04. The van der Waals surface area contributed by atoms with Crippen molar-refractivity contribution < 1.29 is 9.18 Å². The number of anilines is 2. The summed E-state index contributed by atoms with van der Waals surface area (Å²) in [5, 5.41) is 3.22. The van der Waals surface area contributed by atoms with E-state index < -0.39 is 11.7 Å². The van der Waals surface area contributed by atoms with Crippen LogP contribution in [0, 0.1) is 17.7 Å². The zero-order valence-electron chi connectivity index (χ0n) is 10.7. The van der Waals surface area contributed by atoms with E-state index in [9.17, 15) is 9.18 Å². The molecule has 0 aliphatic heterocycles. The third-order valence-electron chi connectivity index (χ3n) is 4.48. The zero-order chi connectivity index (χ0) is 13.6. The van der Waals surface area contributed by atoms with Crippen LogP contribution in [0.4, 0.5) is 15.8 Å². The molecule has 2 aliphatic carbocycles. The summed E-state index contributed by atoms with van der Waals surface area (Å²) in [6.45, 7) is 0. The van der Waals surface area contributed by atoms with E-state index in [0.717, 1.165) is 18.4 Å². The van der Waals surface area contributed by atoms with Crippen molar-refractivity contribution in [3.8, 4) is 0 Å². The van der Waals surface area contributed by atoms with Crippen molar-refractivity contribution >= 4 is 17.3 Å². The number of benzene rings is 1. The first kappa shape index (κ1) is 12.3. The summed E-state index contributed by atoms with van der Waals surface area (Å²) in [4.78, 5) is 11.2. The minimum Gasteiger partial charge on any atom is -0.398 e. The Labute approximate surface area is 111 Å². The topological polar surface area (TPSA) is 81.1 Å². The molecular formula is C14H18FN3O. The molecule has 2 fully saturated rings. The second kappa shape index (κ2) is 4.40. The van der Waals surface area contributed by atoms with Crippen LogP contribution in [0.1, 0.15) is 36.0 Å². The van der Waals surface area contributed by atoms with Crippen molar-refractivity contribution in [3.05, 3.63) is 23.5 Å². The summed E-state index contributed by atoms with van der Waals surface area (Å²) >= 11 is 0.